The molecular weight excluding hydrogens is 399 g/mol. The lowest BCUT2D eigenvalue weighted by Crippen LogP contribution is -2.46. The van der Waals surface area contributed by atoms with Crippen molar-refractivity contribution in [1.82, 2.24) is 4.90 Å². The van der Waals surface area contributed by atoms with E-state index in [0.29, 0.717) is 18.8 Å². The predicted molar refractivity (Wildman–Crippen MR) is 104 cm³/mol. The van der Waals surface area contributed by atoms with Crippen molar-refractivity contribution in [1.29, 1.82) is 0 Å². The predicted octanol–water partition coefficient (Wildman–Crippen LogP) is 4.47. The average Bonchev–Trinajstić information content (AvgIpc) is 3.42. The van der Waals surface area contributed by atoms with Crippen molar-refractivity contribution >= 4 is 17.3 Å². The summed E-state index contributed by atoms with van der Waals surface area (Å²) in [6.07, 6.45) is 0.152. The molecule has 1 aliphatic rings. The second-order valence-electron chi connectivity index (χ2n) is 7.06. The Balaban J connectivity index is 1.52. The zero-order valence-corrected chi connectivity index (χ0v) is 16.0. The first-order chi connectivity index (χ1) is 14.4. The van der Waals surface area contributed by atoms with Crippen molar-refractivity contribution < 1.29 is 26.8 Å². The van der Waals surface area contributed by atoms with Crippen LogP contribution >= 0.6 is 0 Å². The van der Waals surface area contributed by atoms with E-state index in [9.17, 15) is 18.0 Å². The van der Waals surface area contributed by atoms with Crippen LogP contribution in [0.4, 0.5) is 24.5 Å². The summed E-state index contributed by atoms with van der Waals surface area (Å²) in [5.74, 6) is -0.567. The van der Waals surface area contributed by atoms with E-state index >= 15 is 0 Å². The molecule has 30 heavy (non-hydrogen) atoms. The molecule has 1 fully saturated rings. The first-order valence-electron chi connectivity index (χ1n) is 9.44. The summed E-state index contributed by atoms with van der Waals surface area (Å²) in [4.78, 5) is 16.6. The van der Waals surface area contributed by atoms with Gasteiger partial charge in [0.2, 0.25) is 0 Å². The molecule has 0 atom stereocenters. The van der Waals surface area contributed by atoms with Gasteiger partial charge in [-0.25, -0.2) is 0 Å². The standard InChI is InChI=1S/C21H20F3N3O3/c22-21(23,24)16-3-4-18(17(12-16)25-20(28)19-2-1-10-30-19)27-8-6-26(7-9-27)13-15-5-11-29-14-15/h1-5,10-12,14H,6-9,13H2,(H,25,28). The number of piperazine rings is 1. The van der Waals surface area contributed by atoms with Gasteiger partial charge >= 0.3 is 6.18 Å². The Hall–Kier alpha value is -3.20. The molecule has 0 unspecified atom stereocenters. The molecule has 9 heteroatoms. The number of alkyl halides is 3. The summed E-state index contributed by atoms with van der Waals surface area (Å²) in [5, 5.41) is 2.57. The molecular formula is C21H20F3N3O3. The van der Waals surface area contributed by atoms with Crippen molar-refractivity contribution in [2.24, 2.45) is 0 Å². The molecule has 0 saturated carbocycles. The van der Waals surface area contributed by atoms with Crippen LogP contribution in [0.5, 0.6) is 0 Å². The van der Waals surface area contributed by atoms with Gasteiger partial charge in [-0.05, 0) is 36.4 Å². The highest BCUT2D eigenvalue weighted by Gasteiger charge is 2.32. The van der Waals surface area contributed by atoms with E-state index < -0.39 is 17.6 Å². The second kappa shape index (κ2) is 8.27. The Morgan fingerprint density at radius 3 is 2.50 bits per heavy atom. The third-order valence-electron chi connectivity index (χ3n) is 5.02. The van der Waals surface area contributed by atoms with E-state index in [1.165, 1.54) is 18.4 Å². The second-order valence-corrected chi connectivity index (χ2v) is 7.06. The molecule has 1 saturated heterocycles. The molecule has 1 N–H and O–H groups in total. The lowest BCUT2D eigenvalue weighted by atomic mass is 10.1. The van der Waals surface area contributed by atoms with Gasteiger partial charge in [0, 0.05) is 38.3 Å². The van der Waals surface area contributed by atoms with Crippen molar-refractivity contribution in [2.75, 3.05) is 36.4 Å². The van der Waals surface area contributed by atoms with E-state index in [1.807, 2.05) is 11.0 Å². The van der Waals surface area contributed by atoms with Crippen molar-refractivity contribution in [3.63, 3.8) is 0 Å². The van der Waals surface area contributed by atoms with Gasteiger partial charge in [0.1, 0.15) is 0 Å². The van der Waals surface area contributed by atoms with Crippen molar-refractivity contribution in [2.45, 2.75) is 12.7 Å². The summed E-state index contributed by atoms with van der Waals surface area (Å²) >= 11 is 0. The van der Waals surface area contributed by atoms with Gasteiger partial charge in [0.15, 0.2) is 5.76 Å². The summed E-state index contributed by atoms with van der Waals surface area (Å²) < 4.78 is 49.8. The van der Waals surface area contributed by atoms with Gasteiger partial charge in [-0.15, -0.1) is 0 Å². The van der Waals surface area contributed by atoms with E-state index in [-0.39, 0.29) is 11.4 Å². The van der Waals surface area contributed by atoms with Gasteiger partial charge in [-0.1, -0.05) is 0 Å². The number of anilines is 2. The summed E-state index contributed by atoms with van der Waals surface area (Å²) in [5.41, 5.74) is 0.907. The molecule has 158 valence electrons. The van der Waals surface area contributed by atoms with Crippen molar-refractivity contribution in [3.8, 4) is 0 Å². The first-order valence-corrected chi connectivity index (χ1v) is 9.44. The van der Waals surface area contributed by atoms with Crippen LogP contribution in [0.15, 0.2) is 64.0 Å². The highest BCUT2D eigenvalue weighted by Crippen LogP contribution is 2.36. The number of hydrogen-bond donors (Lipinski definition) is 1. The Morgan fingerprint density at radius 2 is 1.87 bits per heavy atom. The van der Waals surface area contributed by atoms with Crippen LogP contribution in [0.25, 0.3) is 0 Å². The largest absolute Gasteiger partial charge is 0.472 e. The van der Waals surface area contributed by atoms with Crippen LogP contribution in [0.3, 0.4) is 0 Å². The van der Waals surface area contributed by atoms with Crippen molar-refractivity contribution in [3.05, 3.63) is 72.1 Å². The molecule has 0 radical (unpaired) electrons. The minimum absolute atomic E-state index is 0.0308. The van der Waals surface area contributed by atoms with E-state index in [1.54, 1.807) is 18.6 Å². The Labute approximate surface area is 170 Å². The van der Waals surface area contributed by atoms with Gasteiger partial charge in [-0.3, -0.25) is 9.69 Å². The molecule has 0 spiro atoms. The van der Waals surface area contributed by atoms with E-state index in [0.717, 1.165) is 37.3 Å². The van der Waals surface area contributed by atoms with Crippen LogP contribution < -0.4 is 10.2 Å². The van der Waals surface area contributed by atoms with Crippen LogP contribution in [0.2, 0.25) is 0 Å². The van der Waals surface area contributed by atoms with E-state index in [2.05, 4.69) is 10.2 Å². The van der Waals surface area contributed by atoms with Gasteiger partial charge in [-0.2, -0.15) is 13.2 Å². The van der Waals surface area contributed by atoms with Gasteiger partial charge < -0.3 is 19.1 Å². The summed E-state index contributed by atoms with van der Waals surface area (Å²) in [6, 6.07) is 8.32. The van der Waals surface area contributed by atoms with Crippen LogP contribution in [-0.2, 0) is 12.7 Å². The Kier molecular flexibility index (Phi) is 5.54. The SMILES string of the molecule is O=C(Nc1cc(C(F)(F)F)ccc1N1CCN(Cc2ccoc2)CC1)c1ccco1. The zero-order chi connectivity index (χ0) is 21.1. The number of amides is 1. The number of halogens is 3. The molecule has 1 aliphatic heterocycles. The Bertz CT molecular complexity index is 977. The normalized spacial score (nSPS) is 15.4. The van der Waals surface area contributed by atoms with Crippen LogP contribution in [0.1, 0.15) is 21.7 Å². The molecule has 4 rings (SSSR count). The molecule has 3 heterocycles. The molecule has 0 bridgehead atoms. The third kappa shape index (κ3) is 4.51. The fourth-order valence-corrected chi connectivity index (χ4v) is 3.47. The smallest absolute Gasteiger partial charge is 0.416 e. The van der Waals surface area contributed by atoms with Gasteiger partial charge in [0.25, 0.3) is 5.91 Å². The molecule has 0 aliphatic carbocycles. The number of nitrogens with zero attached hydrogens (tertiary/aromatic N) is 2. The highest BCUT2D eigenvalue weighted by atomic mass is 19.4. The first kappa shape index (κ1) is 20.1. The maximum absolute atomic E-state index is 13.2. The lowest BCUT2D eigenvalue weighted by molar-refractivity contribution is -0.137. The van der Waals surface area contributed by atoms with Crippen LogP contribution in [-0.4, -0.2) is 37.0 Å². The van der Waals surface area contributed by atoms with Gasteiger partial charge in [0.05, 0.1) is 35.7 Å². The average molecular weight is 419 g/mol. The minimum Gasteiger partial charge on any atom is -0.472 e. The third-order valence-corrected chi connectivity index (χ3v) is 5.02. The molecule has 1 aromatic carbocycles. The molecule has 2 aromatic heterocycles. The summed E-state index contributed by atoms with van der Waals surface area (Å²) in [6.45, 7) is 3.45. The zero-order valence-electron chi connectivity index (χ0n) is 16.0. The number of rotatable bonds is 5. The fourth-order valence-electron chi connectivity index (χ4n) is 3.47. The molecule has 1 amide bonds. The monoisotopic (exact) mass is 419 g/mol. The highest BCUT2D eigenvalue weighted by molar-refractivity contribution is 6.04. The van der Waals surface area contributed by atoms with E-state index in [4.69, 9.17) is 8.83 Å². The number of benzene rings is 1. The summed E-state index contributed by atoms with van der Waals surface area (Å²) in [7, 11) is 0. The number of hydrogen-bond acceptors (Lipinski definition) is 5. The Morgan fingerprint density at radius 1 is 1.07 bits per heavy atom. The number of nitrogens with one attached hydrogen (secondary N) is 1. The topological polar surface area (TPSA) is 61.9 Å². The van der Waals surface area contributed by atoms with Crippen LogP contribution in [0, 0.1) is 0 Å². The quantitative estimate of drug-likeness (QED) is 0.661. The maximum atomic E-state index is 13.2. The molecule has 6 nitrogen and oxygen atoms in total. The maximum Gasteiger partial charge on any atom is 0.416 e. The fraction of sp³-hybridized carbons (Fsp3) is 0.286. The lowest BCUT2D eigenvalue weighted by Gasteiger charge is -2.37. The number of carbonyl (C=O) groups is 1. The number of carbonyl (C=O) groups excluding carboxylic acids is 1. The molecule has 3 aromatic rings. The number of furan rings is 2. The minimum atomic E-state index is -4.51.